The van der Waals surface area contributed by atoms with Gasteiger partial charge in [0, 0.05) is 9.26 Å². The van der Waals surface area contributed by atoms with Crippen LogP contribution in [-0.4, -0.2) is 25.0 Å². The van der Waals surface area contributed by atoms with Crippen LogP contribution < -0.4 is 15.0 Å². The van der Waals surface area contributed by atoms with Gasteiger partial charge >= 0.3 is 0 Å². The quantitative estimate of drug-likeness (QED) is 0.795. The Kier molecular flexibility index (Phi) is 4.28. The van der Waals surface area contributed by atoms with Crippen molar-refractivity contribution < 1.29 is 14.3 Å². The number of amides is 2. The van der Waals surface area contributed by atoms with Crippen LogP contribution >= 0.6 is 22.6 Å². The summed E-state index contributed by atoms with van der Waals surface area (Å²) >= 11 is 2.20. The summed E-state index contributed by atoms with van der Waals surface area (Å²) in [5.74, 6) is 0.145. The van der Waals surface area contributed by atoms with E-state index in [-0.39, 0.29) is 25.0 Å². The third-order valence-electron chi connectivity index (χ3n) is 3.24. The first kappa shape index (κ1) is 14.8. The van der Waals surface area contributed by atoms with Crippen molar-refractivity contribution in [1.29, 1.82) is 0 Å². The Morgan fingerprint density at radius 2 is 1.91 bits per heavy atom. The van der Waals surface area contributed by atoms with Crippen LogP contribution in [0.5, 0.6) is 5.75 Å². The number of ether oxygens (including phenoxy) is 1. The van der Waals surface area contributed by atoms with Crippen molar-refractivity contribution in [2.24, 2.45) is 0 Å². The Labute approximate surface area is 141 Å². The van der Waals surface area contributed by atoms with E-state index in [9.17, 15) is 9.59 Å². The fraction of sp³-hybridized carbons (Fsp3) is 0.125. The molecule has 1 aliphatic rings. The van der Waals surface area contributed by atoms with Crippen LogP contribution in [0.15, 0.2) is 48.5 Å². The van der Waals surface area contributed by atoms with E-state index in [2.05, 4.69) is 27.9 Å². The predicted octanol–water partition coefficient (Wildman–Crippen LogP) is 2.66. The predicted molar refractivity (Wildman–Crippen MR) is 92.1 cm³/mol. The number of nitrogens with one attached hydrogen (secondary N) is 1. The maximum Gasteiger partial charge on any atom is 0.265 e. The highest BCUT2D eigenvalue weighted by molar-refractivity contribution is 14.1. The molecular weight excluding hydrogens is 395 g/mol. The zero-order valence-electron chi connectivity index (χ0n) is 11.6. The van der Waals surface area contributed by atoms with Crippen molar-refractivity contribution in [3.05, 3.63) is 52.1 Å². The molecule has 0 saturated carbocycles. The molecule has 0 radical (unpaired) electrons. The molecule has 1 aliphatic heterocycles. The molecule has 1 N–H and O–H groups in total. The van der Waals surface area contributed by atoms with Crippen LogP contribution in [-0.2, 0) is 9.59 Å². The zero-order valence-corrected chi connectivity index (χ0v) is 13.7. The maximum atomic E-state index is 12.2. The average molecular weight is 408 g/mol. The van der Waals surface area contributed by atoms with E-state index < -0.39 is 0 Å². The van der Waals surface area contributed by atoms with Gasteiger partial charge < -0.3 is 10.1 Å². The molecule has 0 unspecified atom stereocenters. The van der Waals surface area contributed by atoms with Crippen molar-refractivity contribution in [1.82, 2.24) is 0 Å². The number of para-hydroxylation sites is 2. The molecule has 2 aromatic rings. The van der Waals surface area contributed by atoms with E-state index in [0.717, 1.165) is 3.57 Å². The van der Waals surface area contributed by atoms with Crippen LogP contribution in [0.3, 0.4) is 0 Å². The lowest BCUT2D eigenvalue weighted by Crippen LogP contribution is -2.43. The van der Waals surface area contributed by atoms with E-state index in [0.29, 0.717) is 17.1 Å². The fourth-order valence-corrected chi connectivity index (χ4v) is 2.56. The first-order valence-electron chi connectivity index (χ1n) is 6.71. The number of rotatable bonds is 3. The number of anilines is 2. The summed E-state index contributed by atoms with van der Waals surface area (Å²) in [6.45, 7) is -0.0843. The normalized spacial score (nSPS) is 13.3. The second kappa shape index (κ2) is 6.35. The maximum absolute atomic E-state index is 12.2. The van der Waals surface area contributed by atoms with E-state index in [1.807, 2.05) is 36.4 Å². The summed E-state index contributed by atoms with van der Waals surface area (Å²) in [6.07, 6.45) is 0. The third kappa shape index (κ3) is 3.22. The Morgan fingerprint density at radius 1 is 1.18 bits per heavy atom. The lowest BCUT2D eigenvalue weighted by atomic mass is 10.2. The van der Waals surface area contributed by atoms with Crippen molar-refractivity contribution in [3.63, 3.8) is 0 Å². The summed E-state index contributed by atoms with van der Waals surface area (Å²) in [7, 11) is 0. The van der Waals surface area contributed by atoms with E-state index in [4.69, 9.17) is 4.74 Å². The van der Waals surface area contributed by atoms with Crippen LogP contribution in [0.1, 0.15) is 0 Å². The second-order valence-corrected chi connectivity index (χ2v) is 6.04. The van der Waals surface area contributed by atoms with Crippen molar-refractivity contribution in [2.45, 2.75) is 0 Å². The van der Waals surface area contributed by atoms with Gasteiger partial charge in [-0.15, -0.1) is 0 Å². The Bertz CT molecular complexity index is 716. The van der Waals surface area contributed by atoms with Gasteiger partial charge in [0.2, 0.25) is 5.91 Å². The zero-order chi connectivity index (χ0) is 15.5. The highest BCUT2D eigenvalue weighted by Crippen LogP contribution is 2.31. The molecule has 0 bridgehead atoms. The number of benzene rings is 2. The Balaban J connectivity index is 1.73. The van der Waals surface area contributed by atoms with Crippen LogP contribution in [0.25, 0.3) is 0 Å². The number of fused-ring (bicyclic) bond motifs is 1. The SMILES string of the molecule is O=C(CN1C(=O)COc2ccccc21)Nc1ccc(I)cc1. The summed E-state index contributed by atoms with van der Waals surface area (Å²) in [5, 5.41) is 2.79. The number of halogens is 1. The molecule has 0 aliphatic carbocycles. The van der Waals surface area contributed by atoms with Gasteiger partial charge in [0.1, 0.15) is 12.3 Å². The van der Waals surface area contributed by atoms with Crippen LogP contribution in [0.2, 0.25) is 0 Å². The molecule has 3 rings (SSSR count). The first-order valence-corrected chi connectivity index (χ1v) is 7.79. The molecule has 22 heavy (non-hydrogen) atoms. The number of carbonyl (C=O) groups excluding carboxylic acids is 2. The molecule has 2 amide bonds. The lowest BCUT2D eigenvalue weighted by Gasteiger charge is -2.28. The average Bonchev–Trinajstić information content (AvgIpc) is 2.52. The van der Waals surface area contributed by atoms with Gasteiger partial charge in [-0.3, -0.25) is 14.5 Å². The minimum absolute atomic E-state index is 0.0365. The van der Waals surface area contributed by atoms with Gasteiger partial charge in [-0.25, -0.2) is 0 Å². The molecule has 0 spiro atoms. The second-order valence-electron chi connectivity index (χ2n) is 4.79. The molecule has 112 valence electrons. The monoisotopic (exact) mass is 408 g/mol. The van der Waals surface area contributed by atoms with Crippen LogP contribution in [0.4, 0.5) is 11.4 Å². The minimum Gasteiger partial charge on any atom is -0.482 e. The number of nitrogens with zero attached hydrogens (tertiary/aromatic N) is 1. The lowest BCUT2D eigenvalue weighted by molar-refractivity contribution is -0.123. The smallest absolute Gasteiger partial charge is 0.265 e. The Morgan fingerprint density at radius 3 is 2.68 bits per heavy atom. The van der Waals surface area contributed by atoms with Gasteiger partial charge in [-0.2, -0.15) is 0 Å². The Hall–Kier alpha value is -2.09. The third-order valence-corrected chi connectivity index (χ3v) is 3.96. The van der Waals surface area contributed by atoms with Gasteiger partial charge in [0.05, 0.1) is 5.69 Å². The van der Waals surface area contributed by atoms with Crippen molar-refractivity contribution >= 4 is 45.8 Å². The van der Waals surface area contributed by atoms with Crippen molar-refractivity contribution in [2.75, 3.05) is 23.4 Å². The standard InChI is InChI=1S/C16H13IN2O3/c17-11-5-7-12(8-6-11)18-15(20)9-19-13-3-1-2-4-14(13)22-10-16(19)21/h1-8H,9-10H2,(H,18,20). The van der Waals surface area contributed by atoms with E-state index in [1.54, 1.807) is 12.1 Å². The molecule has 6 heteroatoms. The fourth-order valence-electron chi connectivity index (χ4n) is 2.20. The molecule has 0 saturated heterocycles. The topological polar surface area (TPSA) is 58.6 Å². The molecule has 0 fully saturated rings. The highest BCUT2D eigenvalue weighted by atomic mass is 127. The number of carbonyl (C=O) groups is 2. The number of hydrogen-bond acceptors (Lipinski definition) is 3. The molecule has 5 nitrogen and oxygen atoms in total. The molecule has 0 aromatic heterocycles. The van der Waals surface area contributed by atoms with Crippen molar-refractivity contribution in [3.8, 4) is 5.75 Å². The minimum atomic E-state index is -0.244. The summed E-state index contributed by atoms with van der Waals surface area (Å²) in [5.41, 5.74) is 1.33. The molecule has 1 heterocycles. The first-order chi connectivity index (χ1) is 10.6. The number of hydrogen-bond donors (Lipinski definition) is 1. The highest BCUT2D eigenvalue weighted by Gasteiger charge is 2.26. The van der Waals surface area contributed by atoms with E-state index >= 15 is 0 Å². The molecule has 2 aromatic carbocycles. The van der Waals surface area contributed by atoms with Gasteiger partial charge in [0.15, 0.2) is 6.61 Å². The summed E-state index contributed by atoms with van der Waals surface area (Å²) in [6, 6.07) is 14.7. The molecule has 0 atom stereocenters. The van der Waals surface area contributed by atoms with Gasteiger partial charge in [-0.05, 0) is 59.0 Å². The summed E-state index contributed by atoms with van der Waals surface area (Å²) in [4.78, 5) is 25.6. The summed E-state index contributed by atoms with van der Waals surface area (Å²) < 4.78 is 6.45. The largest absolute Gasteiger partial charge is 0.482 e. The van der Waals surface area contributed by atoms with Gasteiger partial charge in [0.25, 0.3) is 5.91 Å². The van der Waals surface area contributed by atoms with E-state index in [1.165, 1.54) is 4.90 Å². The van der Waals surface area contributed by atoms with Crippen LogP contribution in [0, 0.1) is 3.57 Å². The molecular formula is C16H13IN2O3. The van der Waals surface area contributed by atoms with Gasteiger partial charge in [-0.1, -0.05) is 12.1 Å².